The van der Waals surface area contributed by atoms with E-state index in [0.717, 1.165) is 21.6 Å². The van der Waals surface area contributed by atoms with Gasteiger partial charge in [0.25, 0.3) is 0 Å². The van der Waals surface area contributed by atoms with Gasteiger partial charge in [0, 0.05) is 28.4 Å². The summed E-state index contributed by atoms with van der Waals surface area (Å²) in [5.41, 5.74) is 2.90. The van der Waals surface area contributed by atoms with E-state index in [9.17, 15) is 0 Å². The van der Waals surface area contributed by atoms with Crippen molar-refractivity contribution in [3.8, 4) is 11.3 Å². The minimum atomic E-state index is 0.542. The number of hydrogen-bond acceptors (Lipinski definition) is 4. The van der Waals surface area contributed by atoms with E-state index < -0.39 is 0 Å². The van der Waals surface area contributed by atoms with Crippen LogP contribution in [0.15, 0.2) is 76.9 Å². The van der Waals surface area contributed by atoms with Gasteiger partial charge in [0.2, 0.25) is 4.80 Å². The summed E-state index contributed by atoms with van der Waals surface area (Å²) in [6.07, 6.45) is 7.02. The van der Waals surface area contributed by atoms with Crippen molar-refractivity contribution in [2.45, 2.75) is 0 Å². The monoisotopic (exact) mass is 354 g/mol. The Kier molecular flexibility index (Phi) is 5.36. The Morgan fingerprint density at radius 3 is 2.83 bits per heavy atom. The van der Waals surface area contributed by atoms with Crippen LogP contribution in [0.25, 0.3) is 11.3 Å². The molecule has 0 spiro atoms. The lowest BCUT2D eigenvalue weighted by Crippen LogP contribution is -2.12. The molecule has 0 bridgehead atoms. The van der Waals surface area contributed by atoms with E-state index in [1.165, 1.54) is 11.3 Å². The van der Waals surface area contributed by atoms with Crippen LogP contribution in [0.3, 0.4) is 0 Å². The zero-order valence-corrected chi connectivity index (χ0v) is 14.4. The Morgan fingerprint density at radius 1 is 1.25 bits per heavy atom. The van der Waals surface area contributed by atoms with Gasteiger partial charge >= 0.3 is 0 Å². The molecule has 0 fully saturated rings. The number of rotatable bonds is 5. The predicted molar refractivity (Wildman–Crippen MR) is 101 cm³/mol. The second-order valence-electron chi connectivity index (χ2n) is 4.88. The fraction of sp³-hybridized carbons (Fsp3) is 0.0556. The molecule has 0 N–H and O–H groups in total. The van der Waals surface area contributed by atoms with Gasteiger partial charge in [-0.3, -0.25) is 9.98 Å². The first kappa shape index (κ1) is 16.4. The van der Waals surface area contributed by atoms with Gasteiger partial charge in [-0.15, -0.1) is 17.9 Å². The molecule has 0 saturated heterocycles. The minimum absolute atomic E-state index is 0.542. The SMILES string of the molecule is C=CCN=c1scc(-c2cccc(Cl)c2)n1N=Cc1ccncc1. The highest BCUT2D eigenvalue weighted by atomic mass is 35.5. The van der Waals surface area contributed by atoms with Crippen molar-refractivity contribution < 1.29 is 0 Å². The predicted octanol–water partition coefficient (Wildman–Crippen LogP) is 4.23. The largest absolute Gasteiger partial charge is 0.265 e. The first-order valence-electron chi connectivity index (χ1n) is 7.30. The Labute approximate surface area is 149 Å². The van der Waals surface area contributed by atoms with E-state index in [4.69, 9.17) is 11.6 Å². The Bertz CT molecular complexity index is 925. The Morgan fingerprint density at radius 2 is 2.08 bits per heavy atom. The summed E-state index contributed by atoms with van der Waals surface area (Å²) in [5.74, 6) is 0. The van der Waals surface area contributed by atoms with Crippen LogP contribution >= 0.6 is 22.9 Å². The molecule has 6 heteroatoms. The highest BCUT2D eigenvalue weighted by Crippen LogP contribution is 2.23. The highest BCUT2D eigenvalue weighted by Gasteiger charge is 2.07. The van der Waals surface area contributed by atoms with Crippen LogP contribution < -0.4 is 4.80 Å². The molecule has 4 nitrogen and oxygen atoms in total. The smallest absolute Gasteiger partial charge is 0.206 e. The second kappa shape index (κ2) is 7.86. The van der Waals surface area contributed by atoms with Gasteiger partial charge in [0.1, 0.15) is 0 Å². The molecule has 0 saturated carbocycles. The maximum absolute atomic E-state index is 6.12. The van der Waals surface area contributed by atoms with Gasteiger partial charge in [-0.25, -0.2) is 4.68 Å². The number of hydrogen-bond donors (Lipinski definition) is 0. The summed E-state index contributed by atoms with van der Waals surface area (Å²) < 4.78 is 1.82. The van der Waals surface area contributed by atoms with Crippen LogP contribution in [-0.2, 0) is 0 Å². The average molecular weight is 355 g/mol. The summed E-state index contributed by atoms with van der Waals surface area (Å²) >= 11 is 7.65. The summed E-state index contributed by atoms with van der Waals surface area (Å²) in [5, 5.41) is 7.31. The molecule has 0 radical (unpaired) electrons. The van der Waals surface area contributed by atoms with Gasteiger partial charge in [-0.1, -0.05) is 29.8 Å². The fourth-order valence-corrected chi connectivity index (χ4v) is 3.12. The summed E-state index contributed by atoms with van der Waals surface area (Å²) in [6.45, 7) is 4.26. The third-order valence-corrected chi connectivity index (χ3v) is 4.28. The number of benzene rings is 1. The lowest BCUT2D eigenvalue weighted by atomic mass is 10.2. The van der Waals surface area contributed by atoms with E-state index >= 15 is 0 Å². The van der Waals surface area contributed by atoms with Gasteiger partial charge in [-0.2, -0.15) is 5.10 Å². The van der Waals surface area contributed by atoms with Crippen molar-refractivity contribution in [1.29, 1.82) is 0 Å². The van der Waals surface area contributed by atoms with Crippen molar-refractivity contribution in [2.24, 2.45) is 10.1 Å². The zero-order chi connectivity index (χ0) is 16.8. The number of thiazole rings is 1. The fourth-order valence-electron chi connectivity index (χ4n) is 2.08. The lowest BCUT2D eigenvalue weighted by molar-refractivity contribution is 0.840. The Hall–Kier alpha value is -2.50. The molecule has 0 unspecified atom stereocenters. The van der Waals surface area contributed by atoms with E-state index in [-0.39, 0.29) is 0 Å². The van der Waals surface area contributed by atoms with Crippen LogP contribution in [0.2, 0.25) is 5.02 Å². The van der Waals surface area contributed by atoms with E-state index in [1.807, 2.05) is 46.5 Å². The summed E-state index contributed by atoms with van der Waals surface area (Å²) in [7, 11) is 0. The molecule has 2 heterocycles. The molecule has 2 aromatic heterocycles. The Balaban J connectivity index is 2.08. The molecule has 0 aliphatic rings. The third-order valence-electron chi connectivity index (χ3n) is 3.19. The van der Waals surface area contributed by atoms with Gasteiger partial charge in [0.05, 0.1) is 18.5 Å². The zero-order valence-electron chi connectivity index (χ0n) is 12.8. The number of pyridine rings is 1. The number of nitrogens with zero attached hydrogens (tertiary/aromatic N) is 4. The summed E-state index contributed by atoms with van der Waals surface area (Å²) in [4.78, 5) is 9.32. The molecule has 3 rings (SSSR count). The van der Waals surface area contributed by atoms with Crippen LogP contribution in [0.1, 0.15) is 5.56 Å². The molecule has 0 amide bonds. The lowest BCUT2D eigenvalue weighted by Gasteiger charge is -2.04. The average Bonchev–Trinajstić information content (AvgIpc) is 3.02. The van der Waals surface area contributed by atoms with Gasteiger partial charge in [0.15, 0.2) is 0 Å². The molecular weight excluding hydrogens is 340 g/mol. The van der Waals surface area contributed by atoms with Gasteiger partial charge in [-0.05, 0) is 29.8 Å². The molecule has 0 aliphatic heterocycles. The molecule has 0 aliphatic carbocycles. The number of aromatic nitrogens is 2. The van der Waals surface area contributed by atoms with Crippen molar-refractivity contribution in [3.63, 3.8) is 0 Å². The van der Waals surface area contributed by atoms with Gasteiger partial charge < -0.3 is 0 Å². The molecule has 120 valence electrons. The first-order valence-corrected chi connectivity index (χ1v) is 8.56. The molecule has 24 heavy (non-hydrogen) atoms. The third kappa shape index (κ3) is 3.88. The standard InChI is InChI=1S/C18H15ClN4S/c1-2-8-21-18-23(22-12-14-6-9-20-10-7-14)17(13-24-18)15-4-3-5-16(19)11-15/h2-7,9-13H,1,8H2. The normalized spacial score (nSPS) is 12.0. The minimum Gasteiger partial charge on any atom is -0.265 e. The number of halogens is 1. The second-order valence-corrected chi connectivity index (χ2v) is 6.15. The van der Waals surface area contributed by atoms with Crippen LogP contribution in [0.4, 0.5) is 0 Å². The maximum Gasteiger partial charge on any atom is 0.206 e. The van der Waals surface area contributed by atoms with Crippen molar-refractivity contribution >= 4 is 29.2 Å². The molecule has 1 aromatic carbocycles. The maximum atomic E-state index is 6.12. The van der Waals surface area contributed by atoms with Crippen molar-refractivity contribution in [1.82, 2.24) is 9.66 Å². The highest BCUT2D eigenvalue weighted by molar-refractivity contribution is 7.07. The van der Waals surface area contributed by atoms with Crippen molar-refractivity contribution in [3.05, 3.63) is 82.2 Å². The molecular formula is C18H15ClN4S. The van der Waals surface area contributed by atoms with E-state index in [2.05, 4.69) is 21.7 Å². The van der Waals surface area contributed by atoms with E-state index in [1.54, 1.807) is 24.7 Å². The first-order chi connectivity index (χ1) is 11.8. The molecule has 0 atom stereocenters. The van der Waals surface area contributed by atoms with Crippen LogP contribution in [0.5, 0.6) is 0 Å². The molecule has 3 aromatic rings. The summed E-state index contributed by atoms with van der Waals surface area (Å²) in [6, 6.07) is 11.5. The van der Waals surface area contributed by atoms with Crippen LogP contribution in [0, 0.1) is 0 Å². The van der Waals surface area contributed by atoms with E-state index in [0.29, 0.717) is 11.6 Å². The van der Waals surface area contributed by atoms with Crippen LogP contribution in [-0.4, -0.2) is 22.4 Å². The topological polar surface area (TPSA) is 42.5 Å². The quantitative estimate of drug-likeness (QED) is 0.499. The van der Waals surface area contributed by atoms with Crippen molar-refractivity contribution in [2.75, 3.05) is 6.54 Å².